The molecule has 0 aliphatic rings. The zero-order valence-electron chi connectivity index (χ0n) is 34.8. The maximum absolute atomic E-state index is 4.77. The number of nitrogens with zero attached hydrogens (tertiary/aromatic N) is 9. The lowest BCUT2D eigenvalue weighted by Crippen LogP contribution is -2.19. The van der Waals surface area contributed by atoms with Crippen LogP contribution in [0, 0.1) is 0 Å². The second-order valence-electron chi connectivity index (χ2n) is 15.9. The molecule has 306 valence electrons. The molecule has 0 bridgehead atoms. The molecule has 0 saturated carbocycles. The molecule has 0 unspecified atom stereocenters. The molecule has 0 amide bonds. The van der Waals surface area contributed by atoms with Gasteiger partial charge in [0.2, 0.25) is 0 Å². The molecule has 4 heterocycles. The second kappa shape index (κ2) is 17.2. The van der Waals surface area contributed by atoms with Crippen molar-refractivity contribution >= 4 is 79.5 Å². The molecule has 4 aromatic heterocycles. The van der Waals surface area contributed by atoms with E-state index < -0.39 is 0 Å². The van der Waals surface area contributed by atoms with E-state index in [0.29, 0.717) is 11.8 Å². The third kappa shape index (κ3) is 8.36. The number of anilines is 6. The van der Waals surface area contributed by atoms with Gasteiger partial charge >= 0.3 is 0 Å². The fraction of sp³-hybridized carbons (Fsp3) is 0.0769. The number of aromatic nitrogens is 7. The van der Waals surface area contributed by atoms with E-state index in [1.807, 2.05) is 60.9 Å². The third-order valence-corrected chi connectivity index (χ3v) is 12.4. The van der Waals surface area contributed by atoms with Gasteiger partial charge in [-0.2, -0.15) is 0 Å². The smallest absolute Gasteiger partial charge is 0.273 e. The van der Waals surface area contributed by atoms with Crippen LogP contribution in [0.2, 0.25) is 0 Å². The highest BCUT2D eigenvalue weighted by molar-refractivity contribution is 7.99. The van der Waals surface area contributed by atoms with Crippen LogP contribution in [0.25, 0.3) is 27.8 Å². The van der Waals surface area contributed by atoms with E-state index in [9.17, 15) is 0 Å². The highest BCUT2D eigenvalue weighted by atomic mass is 32.2. The van der Waals surface area contributed by atoms with E-state index in [2.05, 4.69) is 189 Å². The van der Waals surface area contributed by atoms with Crippen molar-refractivity contribution in [3.05, 3.63) is 200 Å². The van der Waals surface area contributed by atoms with Crippen molar-refractivity contribution in [1.29, 1.82) is 0 Å². The Morgan fingerprint density at radius 2 is 0.841 bits per heavy atom. The van der Waals surface area contributed by atoms with Crippen LogP contribution in [0.5, 0.6) is 0 Å². The highest BCUT2D eigenvalue weighted by Crippen LogP contribution is 2.43. The predicted molar refractivity (Wildman–Crippen MR) is 257 cm³/mol. The molecule has 0 spiro atoms. The molecule has 0 fully saturated rings. The van der Waals surface area contributed by atoms with Gasteiger partial charge in [0, 0.05) is 72.5 Å². The van der Waals surface area contributed by atoms with Gasteiger partial charge in [-0.15, -0.1) is 20.4 Å². The SMILES string of the molecule is CC(C)(C)c1nnc(-n2c3cc(N(c4ccccc4)c4cccc(Sc5ccccn5)c4)ccc3c3ccc(N(c4ccccc4)c4cccc(Sc5ccccn5)c4)cc32)nn1. The van der Waals surface area contributed by atoms with Crippen molar-refractivity contribution in [2.75, 3.05) is 9.80 Å². The summed E-state index contributed by atoms with van der Waals surface area (Å²) < 4.78 is 2.09. The fourth-order valence-corrected chi connectivity index (χ4v) is 9.24. The van der Waals surface area contributed by atoms with Crippen LogP contribution in [0.15, 0.2) is 214 Å². The predicted octanol–water partition coefficient (Wildman–Crippen LogP) is 13.7. The Hall–Kier alpha value is -7.34. The van der Waals surface area contributed by atoms with E-state index >= 15 is 0 Å². The minimum Gasteiger partial charge on any atom is -0.310 e. The molecule has 0 N–H and O–H groups in total. The van der Waals surface area contributed by atoms with Gasteiger partial charge in [0.25, 0.3) is 5.95 Å². The van der Waals surface area contributed by atoms with Crippen LogP contribution in [0.3, 0.4) is 0 Å². The van der Waals surface area contributed by atoms with E-state index in [4.69, 9.17) is 10.2 Å². The highest BCUT2D eigenvalue weighted by Gasteiger charge is 2.24. The number of benzene rings is 6. The van der Waals surface area contributed by atoms with E-state index in [1.54, 1.807) is 23.5 Å². The average molecular weight is 856 g/mol. The van der Waals surface area contributed by atoms with E-state index in [-0.39, 0.29) is 5.41 Å². The molecule has 0 saturated heterocycles. The van der Waals surface area contributed by atoms with Crippen LogP contribution >= 0.6 is 23.5 Å². The van der Waals surface area contributed by atoms with Crippen LogP contribution in [0.1, 0.15) is 26.6 Å². The summed E-state index contributed by atoms with van der Waals surface area (Å²) >= 11 is 3.28. The first-order valence-electron chi connectivity index (χ1n) is 20.6. The number of hydrogen-bond acceptors (Lipinski definition) is 10. The fourth-order valence-electron chi connectivity index (χ4n) is 7.58. The summed E-state index contributed by atoms with van der Waals surface area (Å²) in [7, 11) is 0. The van der Waals surface area contributed by atoms with Crippen molar-refractivity contribution in [3.63, 3.8) is 0 Å². The van der Waals surface area contributed by atoms with Gasteiger partial charge in [-0.05, 0) is 109 Å². The summed E-state index contributed by atoms with van der Waals surface area (Å²) in [5.41, 5.74) is 7.55. The molecule has 9 nitrogen and oxygen atoms in total. The van der Waals surface area contributed by atoms with E-state index in [0.717, 1.165) is 75.8 Å². The quantitative estimate of drug-likeness (QED) is 0.125. The molecule has 0 aliphatic heterocycles. The monoisotopic (exact) mass is 855 g/mol. The number of hydrogen-bond donors (Lipinski definition) is 0. The van der Waals surface area contributed by atoms with E-state index in [1.165, 1.54) is 0 Å². The van der Waals surface area contributed by atoms with Gasteiger partial charge in [0.15, 0.2) is 5.82 Å². The average Bonchev–Trinajstić information content (AvgIpc) is 3.63. The number of para-hydroxylation sites is 2. The number of pyridine rings is 2. The van der Waals surface area contributed by atoms with Crippen molar-refractivity contribution < 1.29 is 0 Å². The molecule has 6 aromatic carbocycles. The molecular formula is C52H41N9S2. The van der Waals surface area contributed by atoms with Gasteiger partial charge < -0.3 is 9.80 Å². The lowest BCUT2D eigenvalue weighted by molar-refractivity contribution is 0.516. The van der Waals surface area contributed by atoms with Crippen molar-refractivity contribution in [2.45, 2.75) is 46.0 Å². The van der Waals surface area contributed by atoms with Crippen LogP contribution < -0.4 is 9.80 Å². The first kappa shape index (κ1) is 39.8. The molecule has 63 heavy (non-hydrogen) atoms. The molecule has 10 aromatic rings. The minimum absolute atomic E-state index is 0.321. The normalized spacial score (nSPS) is 11.5. The van der Waals surface area contributed by atoms with Crippen LogP contribution in [-0.2, 0) is 5.41 Å². The van der Waals surface area contributed by atoms with Gasteiger partial charge in [0.05, 0.1) is 11.0 Å². The Morgan fingerprint density at radius 1 is 0.413 bits per heavy atom. The van der Waals surface area contributed by atoms with Gasteiger partial charge in [-0.1, -0.05) is 117 Å². The molecule has 0 atom stereocenters. The first-order valence-corrected chi connectivity index (χ1v) is 22.2. The Labute approximate surface area is 374 Å². The second-order valence-corrected chi connectivity index (χ2v) is 18.1. The Morgan fingerprint density at radius 3 is 1.27 bits per heavy atom. The van der Waals surface area contributed by atoms with Gasteiger partial charge in [-0.3, -0.25) is 4.57 Å². The zero-order valence-corrected chi connectivity index (χ0v) is 36.4. The van der Waals surface area contributed by atoms with Gasteiger partial charge in [0.1, 0.15) is 10.1 Å². The van der Waals surface area contributed by atoms with Crippen molar-refractivity contribution in [3.8, 4) is 5.95 Å². The molecule has 0 radical (unpaired) electrons. The Bertz CT molecular complexity index is 2970. The zero-order chi connectivity index (χ0) is 42.8. The first-order chi connectivity index (χ1) is 30.9. The van der Waals surface area contributed by atoms with Crippen LogP contribution in [0.4, 0.5) is 34.1 Å². The lowest BCUT2D eigenvalue weighted by Gasteiger charge is -2.26. The molecule has 0 aliphatic carbocycles. The summed E-state index contributed by atoms with van der Waals surface area (Å²) in [5, 5.41) is 22.8. The third-order valence-electron chi connectivity index (χ3n) is 10.5. The lowest BCUT2D eigenvalue weighted by atomic mass is 9.96. The Kier molecular flexibility index (Phi) is 10.9. The standard InChI is InChI=1S/C52H41N9S2/c1-52(2,3)50-55-57-51(58-56-50)61-46-34-40(59(36-16-6-4-7-17-36)38-20-14-22-42(32-38)62-48-24-10-12-30-53-48)26-28-44(46)45-29-27-41(35-47(45)61)60(37-18-8-5-9-19-37)39-21-15-23-43(33-39)63-49-25-11-13-31-54-49/h4-35H,1-3H3. The largest absolute Gasteiger partial charge is 0.310 e. The topological polar surface area (TPSA) is 88.8 Å². The number of rotatable bonds is 11. The van der Waals surface area contributed by atoms with Gasteiger partial charge in [-0.25, -0.2) is 9.97 Å². The summed E-state index contributed by atoms with van der Waals surface area (Å²) in [6.45, 7) is 6.19. The molecule has 11 heteroatoms. The summed E-state index contributed by atoms with van der Waals surface area (Å²) in [4.78, 5) is 15.9. The number of fused-ring (bicyclic) bond motifs is 3. The van der Waals surface area contributed by atoms with Crippen LogP contribution in [-0.4, -0.2) is 34.9 Å². The molecule has 10 rings (SSSR count). The summed E-state index contributed by atoms with van der Waals surface area (Å²) in [5.74, 6) is 0.961. The molecular weight excluding hydrogens is 815 g/mol. The maximum atomic E-state index is 4.77. The Balaban J connectivity index is 1.15. The minimum atomic E-state index is -0.321. The van der Waals surface area contributed by atoms with Crippen molar-refractivity contribution in [2.24, 2.45) is 0 Å². The van der Waals surface area contributed by atoms with Crippen molar-refractivity contribution in [1.82, 2.24) is 34.9 Å². The maximum Gasteiger partial charge on any atom is 0.273 e. The summed E-state index contributed by atoms with van der Waals surface area (Å²) in [6, 6.07) is 63.2. The summed E-state index contributed by atoms with van der Waals surface area (Å²) in [6.07, 6.45) is 3.65.